The molecule has 0 saturated heterocycles. The van der Waals surface area contributed by atoms with Gasteiger partial charge in [0.25, 0.3) is 6.33 Å². The fourth-order valence-corrected chi connectivity index (χ4v) is 6.96. The summed E-state index contributed by atoms with van der Waals surface area (Å²) in [5, 5.41) is 10.7. The molecular weight excluding hydrogens is 844 g/mol. The fourth-order valence-electron chi connectivity index (χ4n) is 6.96. The van der Waals surface area contributed by atoms with Crippen LogP contribution in [-0.4, -0.2) is 14.7 Å². The SMILES string of the molecule is Oc1ccccc1-c1[c-]c(N(c2ccccc2)c2cccc(-n3[c-][n+](-c4c(-c5ccccc5)cccc4-c4ccccc4)c4ccccc43)n2)ccc1.[Pt+2]. The van der Waals surface area contributed by atoms with Gasteiger partial charge in [-0.3, -0.25) is 9.13 Å². The van der Waals surface area contributed by atoms with E-state index in [-0.39, 0.29) is 26.8 Å². The Labute approximate surface area is 329 Å². The van der Waals surface area contributed by atoms with Crippen molar-refractivity contribution >= 4 is 28.2 Å². The largest absolute Gasteiger partial charge is 2.00 e. The van der Waals surface area contributed by atoms with E-state index in [1.54, 1.807) is 6.07 Å². The number of imidazole rings is 1. The van der Waals surface area contributed by atoms with Gasteiger partial charge < -0.3 is 10.0 Å². The Hall–Kier alpha value is -6.55. The van der Waals surface area contributed by atoms with Gasteiger partial charge in [-0.15, -0.1) is 29.8 Å². The number of hydrogen-bond donors (Lipinski definition) is 1. The Morgan fingerprint density at radius 2 is 1.11 bits per heavy atom. The van der Waals surface area contributed by atoms with Gasteiger partial charge in [-0.05, 0) is 58.3 Å². The van der Waals surface area contributed by atoms with Crippen molar-refractivity contribution in [1.29, 1.82) is 0 Å². The summed E-state index contributed by atoms with van der Waals surface area (Å²) in [6, 6.07) is 69.0. The minimum Gasteiger partial charge on any atom is -0.517 e. The van der Waals surface area contributed by atoms with Crippen LogP contribution in [0, 0.1) is 12.4 Å². The van der Waals surface area contributed by atoms with E-state index in [1.165, 1.54) is 0 Å². The van der Waals surface area contributed by atoms with E-state index in [0.717, 1.165) is 55.9 Å². The van der Waals surface area contributed by atoms with Gasteiger partial charge in [-0.2, -0.15) is 0 Å². The maximum absolute atomic E-state index is 10.7. The van der Waals surface area contributed by atoms with Crippen LogP contribution in [0.25, 0.3) is 55.9 Å². The first-order chi connectivity index (χ1) is 26.2. The van der Waals surface area contributed by atoms with Crippen LogP contribution in [0.2, 0.25) is 0 Å². The number of rotatable bonds is 8. The zero-order valence-corrected chi connectivity index (χ0v) is 31.3. The molecule has 0 aliphatic heterocycles. The Morgan fingerprint density at radius 1 is 0.537 bits per heavy atom. The smallest absolute Gasteiger partial charge is 0.517 e. The molecule has 2 aromatic heterocycles. The van der Waals surface area contributed by atoms with Gasteiger partial charge in [0.15, 0.2) is 5.82 Å². The summed E-state index contributed by atoms with van der Waals surface area (Å²) in [7, 11) is 0. The molecule has 2 heterocycles. The number of phenolic OH excluding ortho intramolecular Hbond substituents is 1. The molecule has 6 heteroatoms. The van der Waals surface area contributed by atoms with Gasteiger partial charge >= 0.3 is 21.1 Å². The maximum Gasteiger partial charge on any atom is 2.00 e. The quantitative estimate of drug-likeness (QED) is 0.122. The van der Waals surface area contributed by atoms with Crippen molar-refractivity contribution < 1.29 is 30.7 Å². The van der Waals surface area contributed by atoms with Crippen LogP contribution < -0.4 is 9.47 Å². The van der Waals surface area contributed by atoms with E-state index >= 15 is 0 Å². The molecule has 0 spiro atoms. The van der Waals surface area contributed by atoms with Crippen LogP contribution in [0.1, 0.15) is 0 Å². The van der Waals surface area contributed by atoms with Gasteiger partial charge in [0.1, 0.15) is 5.82 Å². The molecule has 0 amide bonds. The molecule has 0 aliphatic carbocycles. The first-order valence-corrected chi connectivity index (χ1v) is 17.6. The summed E-state index contributed by atoms with van der Waals surface area (Å²) in [4.78, 5) is 7.40. The molecule has 9 aromatic rings. The van der Waals surface area contributed by atoms with Gasteiger partial charge in [0.2, 0.25) is 0 Å². The monoisotopic (exact) mass is 876 g/mol. The maximum atomic E-state index is 10.7. The molecule has 0 radical (unpaired) electrons. The van der Waals surface area contributed by atoms with E-state index in [9.17, 15) is 5.11 Å². The number of anilines is 3. The molecule has 0 unspecified atom stereocenters. The first kappa shape index (κ1) is 34.5. The van der Waals surface area contributed by atoms with Gasteiger partial charge in [-0.1, -0.05) is 151 Å². The molecule has 0 saturated carbocycles. The third kappa shape index (κ3) is 6.51. The predicted molar refractivity (Wildman–Crippen MR) is 213 cm³/mol. The number of benzene rings is 7. The van der Waals surface area contributed by atoms with Crippen molar-refractivity contribution in [1.82, 2.24) is 9.55 Å². The summed E-state index contributed by atoms with van der Waals surface area (Å²) < 4.78 is 4.22. The van der Waals surface area contributed by atoms with Gasteiger partial charge in [-0.25, -0.2) is 4.98 Å². The molecule has 0 atom stereocenters. The average Bonchev–Trinajstić information content (AvgIpc) is 3.62. The van der Waals surface area contributed by atoms with E-state index < -0.39 is 0 Å². The standard InChI is InChI=1S/C48H33N4O.Pt/c53-45-30-13-10-25-40(45)37-21-14-24-39(33-37)52(38-22-8-3-9-23-38)47-32-16-31-46(49-47)50-34-51(44-29-12-11-28-43(44)50)48-41(35-17-4-1-5-18-35)26-15-27-42(48)36-19-6-2-7-20-36;/h1-32,53H;/q-1;+2. The first-order valence-electron chi connectivity index (χ1n) is 17.6. The van der Waals surface area contributed by atoms with E-state index in [1.807, 2.05) is 89.5 Å². The second-order valence-electron chi connectivity index (χ2n) is 12.7. The number of nitrogens with zero attached hydrogens (tertiary/aromatic N) is 4. The van der Waals surface area contributed by atoms with Crippen molar-refractivity contribution in [3.8, 4) is 50.6 Å². The number of aromatic nitrogens is 3. The summed E-state index contributed by atoms with van der Waals surface area (Å²) >= 11 is 0. The molecular formula is C48H33N4OPt+. The van der Waals surface area contributed by atoms with Crippen LogP contribution in [-0.2, 0) is 21.1 Å². The van der Waals surface area contributed by atoms with Crippen LogP contribution in [0.5, 0.6) is 5.75 Å². The Morgan fingerprint density at radius 3 is 1.81 bits per heavy atom. The Kier molecular flexibility index (Phi) is 9.72. The second-order valence-corrected chi connectivity index (χ2v) is 12.7. The minimum absolute atomic E-state index is 0. The topological polar surface area (TPSA) is 45.2 Å². The number of pyridine rings is 1. The minimum atomic E-state index is 0. The van der Waals surface area contributed by atoms with Crippen LogP contribution in [0.4, 0.5) is 17.2 Å². The van der Waals surface area contributed by atoms with Crippen LogP contribution in [0.3, 0.4) is 0 Å². The van der Waals surface area contributed by atoms with Crippen LogP contribution >= 0.6 is 0 Å². The third-order valence-corrected chi connectivity index (χ3v) is 9.40. The molecule has 5 nitrogen and oxygen atoms in total. The van der Waals surface area contributed by atoms with Crippen molar-refractivity contribution in [3.05, 3.63) is 207 Å². The Balaban J connectivity index is 0.00000413. The molecule has 0 fully saturated rings. The van der Waals surface area contributed by atoms with Crippen molar-refractivity contribution in [3.63, 3.8) is 0 Å². The van der Waals surface area contributed by atoms with Gasteiger partial charge in [0.05, 0.1) is 22.5 Å². The molecule has 9 rings (SSSR count). The van der Waals surface area contributed by atoms with Crippen molar-refractivity contribution in [2.24, 2.45) is 0 Å². The molecule has 0 bridgehead atoms. The van der Waals surface area contributed by atoms with E-state index in [2.05, 4.69) is 125 Å². The molecule has 260 valence electrons. The summed E-state index contributed by atoms with van der Waals surface area (Å²) in [5.74, 6) is 1.64. The predicted octanol–water partition coefficient (Wildman–Crippen LogP) is 11.1. The van der Waals surface area contributed by atoms with Crippen LogP contribution in [0.15, 0.2) is 194 Å². The summed E-state index contributed by atoms with van der Waals surface area (Å²) in [5.41, 5.74) is 10.7. The number of para-hydroxylation sites is 5. The third-order valence-electron chi connectivity index (χ3n) is 9.40. The number of phenols is 1. The summed E-state index contributed by atoms with van der Waals surface area (Å²) in [6.45, 7) is 0. The molecule has 7 aromatic carbocycles. The molecule has 54 heavy (non-hydrogen) atoms. The van der Waals surface area contributed by atoms with Crippen molar-refractivity contribution in [2.45, 2.75) is 0 Å². The fraction of sp³-hybridized carbons (Fsp3) is 0. The summed E-state index contributed by atoms with van der Waals surface area (Å²) in [6.07, 6.45) is 3.74. The zero-order valence-electron chi connectivity index (χ0n) is 29.0. The molecule has 1 N–H and O–H groups in total. The Bertz CT molecular complexity index is 2640. The second kappa shape index (κ2) is 15.2. The number of aromatic hydroxyl groups is 1. The normalized spacial score (nSPS) is 10.9. The number of hydrogen-bond acceptors (Lipinski definition) is 3. The van der Waals surface area contributed by atoms with Gasteiger partial charge in [0, 0.05) is 5.69 Å². The van der Waals surface area contributed by atoms with E-state index in [0.29, 0.717) is 17.2 Å². The van der Waals surface area contributed by atoms with E-state index in [4.69, 9.17) is 4.98 Å². The average molecular weight is 877 g/mol. The zero-order chi connectivity index (χ0) is 35.6. The number of fused-ring (bicyclic) bond motifs is 1. The van der Waals surface area contributed by atoms with Crippen molar-refractivity contribution in [2.75, 3.05) is 4.90 Å². The molecule has 0 aliphatic rings.